The van der Waals surface area contributed by atoms with Crippen LogP contribution >= 0.6 is 0 Å². The molecule has 1 fully saturated rings. The highest BCUT2D eigenvalue weighted by Gasteiger charge is 2.35. The van der Waals surface area contributed by atoms with Gasteiger partial charge in [0.25, 0.3) is 5.56 Å². The topological polar surface area (TPSA) is 97.7 Å². The molecule has 142 valence electrons. The molecule has 0 radical (unpaired) electrons. The maximum absolute atomic E-state index is 15.0. The van der Waals surface area contributed by atoms with Crippen molar-refractivity contribution in [1.29, 1.82) is 0 Å². The zero-order valence-electron chi connectivity index (χ0n) is 14.9. The summed E-state index contributed by atoms with van der Waals surface area (Å²) in [5.41, 5.74) is 5.49. The van der Waals surface area contributed by atoms with Crippen molar-refractivity contribution >= 4 is 16.6 Å². The zero-order valence-corrected chi connectivity index (χ0v) is 14.9. The average molecular weight is 373 g/mol. The van der Waals surface area contributed by atoms with Crippen molar-refractivity contribution in [2.75, 3.05) is 31.1 Å². The molecule has 3 N–H and O–H groups in total. The highest BCUT2D eigenvalue weighted by Crippen LogP contribution is 2.42. The van der Waals surface area contributed by atoms with Gasteiger partial charge in [-0.2, -0.15) is 0 Å². The molecular weight excluding hydrogens is 353 g/mol. The van der Waals surface area contributed by atoms with Gasteiger partial charge in [0, 0.05) is 19.0 Å². The highest BCUT2D eigenvalue weighted by atomic mass is 19.1. The van der Waals surface area contributed by atoms with Gasteiger partial charge in [0.1, 0.15) is 17.8 Å². The number of rotatable bonds is 3. The standard InChI is InChI=1S/C18H20FN5O3/c1-9-8-27-16-14-11(17(25)22-18(26)24(9)14)5-12(19)15(16)23-4-3-10(7-23)13(20)6-21-2/h5,9-10,13H,3-4,6-8,20H2,1H3,(H,22,25,26)/t9-,10?,13?/m0/s1. The summed E-state index contributed by atoms with van der Waals surface area (Å²) < 4.78 is 22.3. The molecule has 0 amide bonds. The number of nitrogens with zero attached hydrogens (tertiary/aromatic N) is 3. The Bertz CT molecular complexity index is 1070. The molecule has 0 spiro atoms. The molecule has 2 aromatic rings. The van der Waals surface area contributed by atoms with E-state index in [0.717, 1.165) is 12.5 Å². The molecule has 3 heterocycles. The van der Waals surface area contributed by atoms with Gasteiger partial charge in [-0.25, -0.2) is 15.8 Å². The first-order valence-electron chi connectivity index (χ1n) is 8.90. The highest BCUT2D eigenvalue weighted by molar-refractivity contribution is 5.91. The third-order valence-corrected chi connectivity index (χ3v) is 5.47. The van der Waals surface area contributed by atoms with Gasteiger partial charge in [0.2, 0.25) is 6.54 Å². The molecule has 0 aliphatic carbocycles. The van der Waals surface area contributed by atoms with Crippen LogP contribution in [-0.4, -0.2) is 41.8 Å². The molecule has 9 heteroatoms. The summed E-state index contributed by atoms with van der Waals surface area (Å²) in [4.78, 5) is 31.9. The molecule has 4 rings (SSSR count). The predicted molar refractivity (Wildman–Crippen MR) is 98.8 cm³/mol. The minimum atomic E-state index is -0.631. The van der Waals surface area contributed by atoms with E-state index in [4.69, 9.17) is 17.0 Å². The van der Waals surface area contributed by atoms with E-state index >= 15 is 0 Å². The second kappa shape index (κ2) is 6.39. The number of halogens is 1. The number of nitrogens with one attached hydrogen (secondary N) is 1. The smallest absolute Gasteiger partial charge is 0.329 e. The van der Waals surface area contributed by atoms with E-state index in [2.05, 4.69) is 9.83 Å². The number of hydrogen-bond acceptors (Lipinski definition) is 5. The van der Waals surface area contributed by atoms with Crippen molar-refractivity contribution in [2.45, 2.75) is 25.4 Å². The first-order valence-corrected chi connectivity index (χ1v) is 8.90. The van der Waals surface area contributed by atoms with Gasteiger partial charge < -0.3 is 20.2 Å². The minimum Gasteiger partial charge on any atom is -0.487 e. The Balaban J connectivity index is 1.87. The lowest BCUT2D eigenvalue weighted by atomic mass is 10.00. The second-order valence-electron chi connectivity index (χ2n) is 7.22. The Kier molecular flexibility index (Phi) is 4.15. The van der Waals surface area contributed by atoms with Crippen LogP contribution < -0.4 is 26.6 Å². The summed E-state index contributed by atoms with van der Waals surface area (Å²) in [6.07, 6.45) is 0.742. The number of nitrogens with two attached hydrogens (primary N) is 1. The Morgan fingerprint density at radius 3 is 3.04 bits per heavy atom. The summed E-state index contributed by atoms with van der Waals surface area (Å²) in [6.45, 7) is 10.3. The fraction of sp³-hybridized carbons (Fsp3) is 0.500. The zero-order chi connectivity index (χ0) is 19.3. The molecule has 8 nitrogen and oxygen atoms in total. The maximum atomic E-state index is 15.0. The van der Waals surface area contributed by atoms with Gasteiger partial charge in [-0.1, -0.05) is 0 Å². The van der Waals surface area contributed by atoms with Gasteiger partial charge in [-0.15, -0.1) is 0 Å². The lowest BCUT2D eigenvalue weighted by molar-refractivity contribution is 0.242. The predicted octanol–water partition coefficient (Wildman–Crippen LogP) is 0.855. The number of hydrogen-bond donors (Lipinski definition) is 2. The van der Waals surface area contributed by atoms with Crippen LogP contribution in [0.4, 0.5) is 10.1 Å². The first-order chi connectivity index (χ1) is 12.9. The molecule has 1 aromatic heterocycles. The van der Waals surface area contributed by atoms with Crippen molar-refractivity contribution in [1.82, 2.24) is 9.55 Å². The van der Waals surface area contributed by atoms with E-state index in [9.17, 15) is 14.0 Å². The molecule has 1 aromatic carbocycles. The minimum absolute atomic E-state index is 0.0743. The van der Waals surface area contributed by atoms with E-state index in [0.29, 0.717) is 18.6 Å². The fourth-order valence-corrected chi connectivity index (χ4v) is 4.07. The van der Waals surface area contributed by atoms with Crippen LogP contribution in [0.15, 0.2) is 15.7 Å². The Hall–Kier alpha value is -2.86. The third kappa shape index (κ3) is 2.68. The SMILES string of the molecule is [C-]#[N+]CC(N)C1CCN(c2c(F)cc3c(=O)[nH]c(=O)n4c3c2OC[C@@H]4C)C1. The molecule has 2 unspecified atom stereocenters. The molecular formula is C18H20FN5O3. The number of H-pyrrole nitrogens is 1. The van der Waals surface area contributed by atoms with Crippen LogP contribution in [-0.2, 0) is 0 Å². The third-order valence-electron chi connectivity index (χ3n) is 5.47. The van der Waals surface area contributed by atoms with E-state index in [-0.39, 0.29) is 48.0 Å². The lowest BCUT2D eigenvalue weighted by Crippen LogP contribution is -2.38. The first kappa shape index (κ1) is 17.5. The molecule has 2 aliphatic rings. The van der Waals surface area contributed by atoms with Crippen LogP contribution in [0.5, 0.6) is 5.75 Å². The summed E-state index contributed by atoms with van der Waals surface area (Å²) in [5.74, 6) is -0.266. The normalized spacial score (nSPS) is 22.5. The Morgan fingerprint density at radius 2 is 2.30 bits per heavy atom. The van der Waals surface area contributed by atoms with Crippen molar-refractivity contribution in [2.24, 2.45) is 11.7 Å². The molecule has 0 bridgehead atoms. The van der Waals surface area contributed by atoms with Crippen LogP contribution in [0.3, 0.4) is 0 Å². The number of aromatic nitrogens is 2. The van der Waals surface area contributed by atoms with Gasteiger partial charge in [0.05, 0.1) is 17.5 Å². The van der Waals surface area contributed by atoms with Gasteiger partial charge >= 0.3 is 5.69 Å². The quantitative estimate of drug-likeness (QED) is 0.778. The molecule has 27 heavy (non-hydrogen) atoms. The van der Waals surface area contributed by atoms with E-state index in [1.54, 1.807) is 6.92 Å². The summed E-state index contributed by atoms with van der Waals surface area (Å²) in [6, 6.07) is 0.618. The van der Waals surface area contributed by atoms with Crippen molar-refractivity contribution in [3.8, 4) is 5.75 Å². The summed E-state index contributed by atoms with van der Waals surface area (Å²) in [5, 5.41) is 0.0952. The monoisotopic (exact) mass is 373 g/mol. The average Bonchev–Trinajstić information content (AvgIpc) is 3.10. The Labute approximate surface area is 154 Å². The molecule has 0 saturated carbocycles. The van der Waals surface area contributed by atoms with E-state index < -0.39 is 17.1 Å². The van der Waals surface area contributed by atoms with Crippen molar-refractivity contribution in [3.63, 3.8) is 0 Å². The fourth-order valence-electron chi connectivity index (χ4n) is 4.07. The number of ether oxygens (including phenoxy) is 1. The maximum Gasteiger partial charge on any atom is 0.329 e. The lowest BCUT2D eigenvalue weighted by Gasteiger charge is -2.30. The van der Waals surface area contributed by atoms with E-state index in [1.807, 2.05) is 4.90 Å². The van der Waals surface area contributed by atoms with Crippen LogP contribution in [0.1, 0.15) is 19.4 Å². The molecule has 1 saturated heterocycles. The van der Waals surface area contributed by atoms with Gasteiger partial charge in [-0.3, -0.25) is 14.3 Å². The van der Waals surface area contributed by atoms with Crippen LogP contribution in [0.25, 0.3) is 15.7 Å². The van der Waals surface area contributed by atoms with Crippen molar-refractivity contribution < 1.29 is 9.13 Å². The van der Waals surface area contributed by atoms with Crippen molar-refractivity contribution in [3.05, 3.63) is 44.1 Å². The molecule has 3 atom stereocenters. The van der Waals surface area contributed by atoms with Crippen LogP contribution in [0.2, 0.25) is 0 Å². The number of anilines is 1. The largest absolute Gasteiger partial charge is 0.487 e. The van der Waals surface area contributed by atoms with Crippen LogP contribution in [0, 0.1) is 18.3 Å². The van der Waals surface area contributed by atoms with E-state index in [1.165, 1.54) is 4.57 Å². The number of benzene rings is 1. The molecule has 2 aliphatic heterocycles. The second-order valence-corrected chi connectivity index (χ2v) is 7.22. The van der Waals surface area contributed by atoms with Gasteiger partial charge in [0.15, 0.2) is 11.6 Å². The number of aromatic amines is 1. The Morgan fingerprint density at radius 1 is 1.52 bits per heavy atom. The summed E-state index contributed by atoms with van der Waals surface area (Å²) in [7, 11) is 0. The van der Waals surface area contributed by atoms with Gasteiger partial charge in [-0.05, 0) is 19.4 Å². The summed E-state index contributed by atoms with van der Waals surface area (Å²) >= 11 is 0.